The van der Waals surface area contributed by atoms with Gasteiger partial charge < -0.3 is 20.4 Å². The Labute approximate surface area is 85.6 Å². The first-order chi connectivity index (χ1) is 6.45. The third-order valence-electron chi connectivity index (χ3n) is 1.54. The van der Waals surface area contributed by atoms with Gasteiger partial charge in [0.1, 0.15) is 18.3 Å². The van der Waals surface area contributed by atoms with Gasteiger partial charge in [0, 0.05) is 5.75 Å². The summed E-state index contributed by atoms with van der Waals surface area (Å²) >= 11 is 3.58. The molecule has 0 aromatic rings. The number of thiol groups is 1. The van der Waals surface area contributed by atoms with Gasteiger partial charge in [-0.3, -0.25) is 9.59 Å². The van der Waals surface area contributed by atoms with Crippen LogP contribution in [-0.4, -0.2) is 62.7 Å². The average molecular weight is 224 g/mol. The first kappa shape index (κ1) is 13.5. The van der Waals surface area contributed by atoms with Gasteiger partial charge in [0.25, 0.3) is 0 Å². The summed E-state index contributed by atoms with van der Waals surface area (Å²) in [6, 6.07) is 0. The Hall–Kier alpha value is -0.470. The zero-order valence-electron chi connectivity index (χ0n) is 7.20. The molecule has 0 rings (SSSR count). The second kappa shape index (κ2) is 6.10. The monoisotopic (exact) mass is 224 g/mol. The Balaban J connectivity index is 4.39. The van der Waals surface area contributed by atoms with E-state index in [2.05, 4.69) is 12.6 Å². The van der Waals surface area contributed by atoms with Gasteiger partial charge in [-0.1, -0.05) is 0 Å². The molecule has 4 N–H and O–H groups in total. The standard InChI is InChI=1S/C7H12O6S/c8-1-3(9)5(11)7(13)6(12)4(10)2-14/h3-5,8-11,14H,1-2H2/t3-,4?,5-/m1/s1. The van der Waals surface area contributed by atoms with Crippen molar-refractivity contribution in [1.29, 1.82) is 0 Å². The molecule has 0 aromatic heterocycles. The van der Waals surface area contributed by atoms with E-state index in [-0.39, 0.29) is 5.75 Å². The van der Waals surface area contributed by atoms with E-state index < -0.39 is 36.5 Å². The van der Waals surface area contributed by atoms with E-state index in [1.807, 2.05) is 0 Å². The zero-order chi connectivity index (χ0) is 11.3. The van der Waals surface area contributed by atoms with Crippen molar-refractivity contribution in [1.82, 2.24) is 0 Å². The van der Waals surface area contributed by atoms with Gasteiger partial charge in [-0.15, -0.1) is 0 Å². The molecule has 1 unspecified atom stereocenters. The van der Waals surface area contributed by atoms with Gasteiger partial charge in [-0.05, 0) is 0 Å². The summed E-state index contributed by atoms with van der Waals surface area (Å²) < 4.78 is 0. The third-order valence-corrected chi connectivity index (χ3v) is 1.88. The second-order valence-electron chi connectivity index (χ2n) is 2.62. The molecule has 0 radical (unpaired) electrons. The first-order valence-corrected chi connectivity index (χ1v) is 4.42. The Morgan fingerprint density at radius 2 is 1.64 bits per heavy atom. The summed E-state index contributed by atoms with van der Waals surface area (Å²) in [5.74, 6) is -2.83. The van der Waals surface area contributed by atoms with Gasteiger partial charge in [-0.25, -0.2) is 0 Å². The molecule has 0 aliphatic rings. The number of aliphatic hydroxyl groups is 4. The van der Waals surface area contributed by atoms with Crippen LogP contribution in [0.25, 0.3) is 0 Å². The van der Waals surface area contributed by atoms with Crippen LogP contribution in [0.3, 0.4) is 0 Å². The molecule has 7 heteroatoms. The Morgan fingerprint density at radius 1 is 1.14 bits per heavy atom. The predicted octanol–water partition coefficient (Wildman–Crippen LogP) is -2.87. The van der Waals surface area contributed by atoms with E-state index in [0.29, 0.717) is 0 Å². The van der Waals surface area contributed by atoms with Crippen LogP contribution in [0.1, 0.15) is 0 Å². The summed E-state index contributed by atoms with van der Waals surface area (Å²) in [4.78, 5) is 21.9. The van der Waals surface area contributed by atoms with Crippen LogP contribution in [0.2, 0.25) is 0 Å². The van der Waals surface area contributed by atoms with Crippen molar-refractivity contribution in [3.63, 3.8) is 0 Å². The van der Waals surface area contributed by atoms with Crippen LogP contribution in [0.15, 0.2) is 0 Å². The number of hydrogen-bond acceptors (Lipinski definition) is 7. The molecule has 0 saturated heterocycles. The van der Waals surface area contributed by atoms with E-state index in [0.717, 1.165) is 0 Å². The maximum Gasteiger partial charge on any atom is 0.232 e. The number of hydrogen-bond donors (Lipinski definition) is 5. The summed E-state index contributed by atoms with van der Waals surface area (Å²) in [5.41, 5.74) is 0. The topological polar surface area (TPSA) is 115 Å². The van der Waals surface area contributed by atoms with Crippen LogP contribution in [0.4, 0.5) is 0 Å². The molecule has 0 aromatic carbocycles. The van der Waals surface area contributed by atoms with Crippen molar-refractivity contribution < 1.29 is 30.0 Å². The lowest BCUT2D eigenvalue weighted by Gasteiger charge is -2.14. The van der Waals surface area contributed by atoms with Gasteiger partial charge in [0.15, 0.2) is 0 Å². The Bertz CT molecular complexity index is 218. The number of rotatable bonds is 6. The molecule has 0 bridgehead atoms. The highest BCUT2D eigenvalue weighted by molar-refractivity contribution is 7.80. The lowest BCUT2D eigenvalue weighted by Crippen LogP contribution is -2.44. The van der Waals surface area contributed by atoms with Gasteiger partial charge in [0.05, 0.1) is 6.61 Å². The second-order valence-corrected chi connectivity index (χ2v) is 2.99. The predicted molar refractivity (Wildman–Crippen MR) is 49.0 cm³/mol. The number of carbonyl (C=O) groups is 2. The molecule has 0 spiro atoms. The quantitative estimate of drug-likeness (QED) is 0.245. The number of ketones is 2. The smallest absolute Gasteiger partial charge is 0.232 e. The van der Waals surface area contributed by atoms with Crippen LogP contribution < -0.4 is 0 Å². The minimum absolute atomic E-state index is 0.257. The minimum Gasteiger partial charge on any atom is -0.394 e. The van der Waals surface area contributed by atoms with Crippen molar-refractivity contribution in [3.05, 3.63) is 0 Å². The highest BCUT2D eigenvalue weighted by atomic mass is 32.1. The highest BCUT2D eigenvalue weighted by Crippen LogP contribution is 1.99. The first-order valence-electron chi connectivity index (χ1n) is 3.79. The fraction of sp³-hybridized carbons (Fsp3) is 0.714. The summed E-state index contributed by atoms with van der Waals surface area (Å²) in [5, 5.41) is 35.1. The van der Waals surface area contributed by atoms with Crippen LogP contribution in [-0.2, 0) is 9.59 Å². The lowest BCUT2D eigenvalue weighted by atomic mass is 10.0. The van der Waals surface area contributed by atoms with Crippen LogP contribution in [0, 0.1) is 0 Å². The van der Waals surface area contributed by atoms with Crippen LogP contribution in [0.5, 0.6) is 0 Å². The number of aliphatic hydroxyl groups excluding tert-OH is 4. The SMILES string of the molecule is O=C(C(=O)[C@H](O)[C@H](O)CO)C(O)CS. The molecule has 0 saturated carbocycles. The fourth-order valence-corrected chi connectivity index (χ4v) is 0.833. The minimum atomic E-state index is -2.01. The molecule has 82 valence electrons. The Morgan fingerprint density at radius 3 is 2.00 bits per heavy atom. The number of Topliss-reactive ketones (excluding diaryl/α,β-unsaturated/α-hetero) is 2. The average Bonchev–Trinajstić information content (AvgIpc) is 2.23. The molecule has 3 atom stereocenters. The lowest BCUT2D eigenvalue weighted by molar-refractivity contribution is -0.149. The molecule has 0 aliphatic carbocycles. The highest BCUT2D eigenvalue weighted by Gasteiger charge is 2.32. The van der Waals surface area contributed by atoms with Gasteiger partial charge in [0.2, 0.25) is 11.6 Å². The van der Waals surface area contributed by atoms with Gasteiger partial charge >= 0.3 is 0 Å². The summed E-state index contributed by atoms with van der Waals surface area (Å²) in [7, 11) is 0. The molecular weight excluding hydrogens is 212 g/mol. The molecule has 0 amide bonds. The van der Waals surface area contributed by atoms with E-state index in [9.17, 15) is 9.59 Å². The molecule has 0 fully saturated rings. The van der Waals surface area contributed by atoms with Crippen molar-refractivity contribution in [2.45, 2.75) is 18.3 Å². The Kier molecular flexibility index (Phi) is 5.89. The van der Waals surface area contributed by atoms with Crippen molar-refractivity contribution in [3.8, 4) is 0 Å². The summed E-state index contributed by atoms with van der Waals surface area (Å²) in [6.07, 6.45) is -5.34. The number of carbonyl (C=O) groups excluding carboxylic acids is 2. The molecular formula is C7H12O6S. The zero-order valence-corrected chi connectivity index (χ0v) is 8.09. The van der Waals surface area contributed by atoms with Gasteiger partial charge in [-0.2, -0.15) is 12.6 Å². The summed E-state index contributed by atoms with van der Waals surface area (Å²) in [6.45, 7) is -0.850. The molecule has 6 nitrogen and oxygen atoms in total. The molecule has 0 aliphatic heterocycles. The van der Waals surface area contributed by atoms with E-state index in [4.69, 9.17) is 20.4 Å². The van der Waals surface area contributed by atoms with Crippen molar-refractivity contribution in [2.75, 3.05) is 12.4 Å². The third kappa shape index (κ3) is 3.35. The normalized spacial score (nSPS) is 17.2. The van der Waals surface area contributed by atoms with E-state index >= 15 is 0 Å². The van der Waals surface area contributed by atoms with E-state index in [1.54, 1.807) is 0 Å². The maximum atomic E-state index is 11.0. The van der Waals surface area contributed by atoms with Crippen LogP contribution >= 0.6 is 12.6 Å². The van der Waals surface area contributed by atoms with Crippen molar-refractivity contribution in [2.24, 2.45) is 0 Å². The fourth-order valence-electron chi connectivity index (χ4n) is 0.667. The molecule has 0 heterocycles. The van der Waals surface area contributed by atoms with Crippen molar-refractivity contribution >= 4 is 24.2 Å². The maximum absolute atomic E-state index is 11.0. The molecule has 14 heavy (non-hydrogen) atoms. The van der Waals surface area contributed by atoms with E-state index in [1.165, 1.54) is 0 Å². The largest absolute Gasteiger partial charge is 0.394 e.